The van der Waals surface area contributed by atoms with E-state index in [2.05, 4.69) is 30.1 Å². The van der Waals surface area contributed by atoms with Crippen LogP contribution in [0.1, 0.15) is 25.1 Å². The lowest BCUT2D eigenvalue weighted by atomic mass is 10.2. The number of aryl methyl sites for hydroxylation is 1. The Hall–Kier alpha value is -0.980. The Labute approximate surface area is 61.8 Å². The second-order valence-corrected chi connectivity index (χ2v) is 2.27. The highest BCUT2D eigenvalue weighted by atomic mass is 14.7. The van der Waals surface area contributed by atoms with Gasteiger partial charge < -0.3 is 4.98 Å². The first-order valence-electron chi connectivity index (χ1n) is 3.67. The van der Waals surface area contributed by atoms with Crippen molar-refractivity contribution in [1.82, 2.24) is 4.98 Å². The molecule has 1 rings (SSSR count). The van der Waals surface area contributed by atoms with Crippen molar-refractivity contribution in [3.8, 4) is 0 Å². The minimum atomic E-state index is 1.08. The SMILES string of the molecule is C/C=C\c1cc[nH]c1CC. The number of rotatable bonds is 2. The minimum absolute atomic E-state index is 1.08. The maximum absolute atomic E-state index is 3.19. The third-order valence-corrected chi connectivity index (χ3v) is 1.57. The van der Waals surface area contributed by atoms with Crippen molar-refractivity contribution < 1.29 is 0 Å². The van der Waals surface area contributed by atoms with Gasteiger partial charge in [0.05, 0.1) is 0 Å². The van der Waals surface area contributed by atoms with E-state index >= 15 is 0 Å². The average Bonchev–Trinajstić information content (AvgIpc) is 2.36. The molecule has 1 nitrogen and oxygen atoms in total. The molecule has 0 bridgehead atoms. The summed E-state index contributed by atoms with van der Waals surface area (Å²) >= 11 is 0. The van der Waals surface area contributed by atoms with Crippen molar-refractivity contribution in [3.63, 3.8) is 0 Å². The Morgan fingerprint density at radius 3 is 3.00 bits per heavy atom. The van der Waals surface area contributed by atoms with E-state index in [0.29, 0.717) is 0 Å². The zero-order valence-electron chi connectivity index (χ0n) is 6.52. The Kier molecular flexibility index (Phi) is 2.32. The first-order chi connectivity index (χ1) is 4.88. The molecule has 0 aliphatic rings. The predicted molar refractivity (Wildman–Crippen MR) is 44.9 cm³/mol. The molecular weight excluding hydrogens is 122 g/mol. The van der Waals surface area contributed by atoms with Gasteiger partial charge in [0.2, 0.25) is 0 Å². The summed E-state index contributed by atoms with van der Waals surface area (Å²) in [7, 11) is 0. The molecule has 0 radical (unpaired) electrons. The van der Waals surface area contributed by atoms with Gasteiger partial charge in [0, 0.05) is 11.9 Å². The summed E-state index contributed by atoms with van der Waals surface area (Å²) in [6, 6.07) is 2.10. The van der Waals surface area contributed by atoms with Crippen molar-refractivity contribution in [2.45, 2.75) is 20.3 Å². The Morgan fingerprint density at radius 1 is 1.60 bits per heavy atom. The van der Waals surface area contributed by atoms with Crippen molar-refractivity contribution in [1.29, 1.82) is 0 Å². The van der Waals surface area contributed by atoms with E-state index in [9.17, 15) is 0 Å². The fraction of sp³-hybridized carbons (Fsp3) is 0.333. The molecule has 1 N–H and O–H groups in total. The molecule has 0 amide bonds. The van der Waals surface area contributed by atoms with Crippen LogP contribution < -0.4 is 0 Å². The highest BCUT2D eigenvalue weighted by molar-refractivity contribution is 5.51. The lowest BCUT2D eigenvalue weighted by molar-refractivity contribution is 1.06. The highest BCUT2D eigenvalue weighted by Crippen LogP contribution is 2.08. The lowest BCUT2D eigenvalue weighted by Gasteiger charge is -1.91. The molecule has 1 heterocycles. The van der Waals surface area contributed by atoms with Crippen molar-refractivity contribution in [3.05, 3.63) is 29.6 Å². The van der Waals surface area contributed by atoms with E-state index in [4.69, 9.17) is 0 Å². The number of hydrogen-bond donors (Lipinski definition) is 1. The zero-order chi connectivity index (χ0) is 7.40. The van der Waals surface area contributed by atoms with Crippen LogP contribution in [0.2, 0.25) is 0 Å². The largest absolute Gasteiger partial charge is 0.364 e. The Balaban J connectivity index is 2.90. The first-order valence-corrected chi connectivity index (χ1v) is 3.67. The van der Waals surface area contributed by atoms with Crippen LogP contribution in [0.5, 0.6) is 0 Å². The van der Waals surface area contributed by atoms with Crippen LogP contribution >= 0.6 is 0 Å². The van der Waals surface area contributed by atoms with E-state index < -0.39 is 0 Å². The molecule has 0 saturated heterocycles. The van der Waals surface area contributed by atoms with Gasteiger partial charge >= 0.3 is 0 Å². The molecule has 0 unspecified atom stereocenters. The van der Waals surface area contributed by atoms with E-state index in [1.165, 1.54) is 11.3 Å². The van der Waals surface area contributed by atoms with Crippen LogP contribution in [0.25, 0.3) is 6.08 Å². The van der Waals surface area contributed by atoms with Gasteiger partial charge in [-0.2, -0.15) is 0 Å². The van der Waals surface area contributed by atoms with E-state index in [0.717, 1.165) is 6.42 Å². The van der Waals surface area contributed by atoms with Gasteiger partial charge in [-0.05, 0) is 25.0 Å². The molecule has 0 aliphatic carbocycles. The molecule has 0 aromatic carbocycles. The van der Waals surface area contributed by atoms with Crippen molar-refractivity contribution in [2.24, 2.45) is 0 Å². The van der Waals surface area contributed by atoms with Gasteiger partial charge in [-0.3, -0.25) is 0 Å². The Morgan fingerprint density at radius 2 is 2.40 bits per heavy atom. The van der Waals surface area contributed by atoms with Gasteiger partial charge in [0.1, 0.15) is 0 Å². The second kappa shape index (κ2) is 3.25. The molecule has 10 heavy (non-hydrogen) atoms. The first kappa shape index (κ1) is 7.13. The fourth-order valence-corrected chi connectivity index (χ4v) is 1.06. The number of aromatic amines is 1. The molecule has 0 atom stereocenters. The van der Waals surface area contributed by atoms with Crippen molar-refractivity contribution in [2.75, 3.05) is 0 Å². The van der Waals surface area contributed by atoms with Gasteiger partial charge in [-0.25, -0.2) is 0 Å². The smallest absolute Gasteiger partial charge is 0.0217 e. The monoisotopic (exact) mass is 135 g/mol. The summed E-state index contributed by atoms with van der Waals surface area (Å²) in [5.41, 5.74) is 2.63. The van der Waals surface area contributed by atoms with E-state index in [1.807, 2.05) is 13.1 Å². The van der Waals surface area contributed by atoms with Crippen LogP contribution in [0.3, 0.4) is 0 Å². The number of nitrogens with one attached hydrogen (secondary N) is 1. The quantitative estimate of drug-likeness (QED) is 0.641. The van der Waals surface area contributed by atoms with Crippen LogP contribution in [0, 0.1) is 0 Å². The molecule has 0 aliphatic heterocycles. The third kappa shape index (κ3) is 1.29. The normalized spacial score (nSPS) is 11.0. The number of hydrogen-bond acceptors (Lipinski definition) is 0. The van der Waals surface area contributed by atoms with Crippen LogP contribution in [0.4, 0.5) is 0 Å². The topological polar surface area (TPSA) is 15.8 Å². The average molecular weight is 135 g/mol. The molecule has 1 aromatic heterocycles. The molecule has 1 heteroatoms. The lowest BCUT2D eigenvalue weighted by Crippen LogP contribution is -1.80. The second-order valence-electron chi connectivity index (χ2n) is 2.27. The fourth-order valence-electron chi connectivity index (χ4n) is 1.06. The summed E-state index contributed by atoms with van der Waals surface area (Å²) in [5.74, 6) is 0. The molecule has 1 aromatic rings. The van der Waals surface area contributed by atoms with Crippen LogP contribution in [-0.2, 0) is 6.42 Å². The van der Waals surface area contributed by atoms with Crippen LogP contribution in [-0.4, -0.2) is 4.98 Å². The molecular formula is C9H13N. The Bertz CT molecular complexity index is 220. The number of aromatic nitrogens is 1. The molecule has 0 spiro atoms. The molecule has 0 fully saturated rings. The van der Waals surface area contributed by atoms with Gasteiger partial charge in [-0.1, -0.05) is 19.1 Å². The third-order valence-electron chi connectivity index (χ3n) is 1.57. The highest BCUT2D eigenvalue weighted by Gasteiger charge is 1.94. The summed E-state index contributed by atoms with van der Waals surface area (Å²) in [5, 5.41) is 0. The standard InChI is InChI=1S/C9H13N/c1-3-5-8-6-7-10-9(8)4-2/h3,5-7,10H,4H2,1-2H3/b5-3-. The van der Waals surface area contributed by atoms with Crippen molar-refractivity contribution >= 4 is 6.08 Å². The summed E-state index contributed by atoms with van der Waals surface area (Å²) in [6.45, 7) is 4.19. The predicted octanol–water partition coefficient (Wildman–Crippen LogP) is 2.61. The zero-order valence-corrected chi connectivity index (χ0v) is 6.52. The van der Waals surface area contributed by atoms with E-state index in [-0.39, 0.29) is 0 Å². The summed E-state index contributed by atoms with van der Waals surface area (Å²) < 4.78 is 0. The van der Waals surface area contributed by atoms with Gasteiger partial charge in [0.25, 0.3) is 0 Å². The molecule has 0 saturated carbocycles. The van der Waals surface area contributed by atoms with E-state index in [1.54, 1.807) is 0 Å². The maximum atomic E-state index is 3.19. The summed E-state index contributed by atoms with van der Waals surface area (Å²) in [6.07, 6.45) is 7.23. The molecule has 54 valence electrons. The minimum Gasteiger partial charge on any atom is -0.364 e. The van der Waals surface area contributed by atoms with Gasteiger partial charge in [-0.15, -0.1) is 0 Å². The number of H-pyrrole nitrogens is 1. The van der Waals surface area contributed by atoms with Gasteiger partial charge in [0.15, 0.2) is 0 Å². The number of allylic oxidation sites excluding steroid dienone is 1. The maximum Gasteiger partial charge on any atom is 0.0217 e. The van der Waals surface area contributed by atoms with Crippen LogP contribution in [0.15, 0.2) is 18.3 Å². The summed E-state index contributed by atoms with van der Waals surface area (Å²) in [4.78, 5) is 3.19.